The number of rotatable bonds is 4. The highest BCUT2D eigenvalue weighted by Crippen LogP contribution is 2.12. The Morgan fingerprint density at radius 3 is 2.87 bits per heavy atom. The van der Waals surface area contributed by atoms with Gasteiger partial charge in [0.2, 0.25) is 0 Å². The molecule has 82 valence electrons. The van der Waals surface area contributed by atoms with Crippen molar-refractivity contribution in [3.8, 4) is 0 Å². The van der Waals surface area contributed by atoms with E-state index in [0.29, 0.717) is 0 Å². The van der Waals surface area contributed by atoms with Crippen LogP contribution in [0.25, 0.3) is 0 Å². The number of aromatic nitrogens is 3. The fourth-order valence-corrected chi connectivity index (χ4v) is 1.25. The fourth-order valence-electron chi connectivity index (χ4n) is 0.831. The highest BCUT2D eigenvalue weighted by atomic mass is 79.9. The Kier molecular flexibility index (Phi) is 3.72. The SMILES string of the molecule is COC(=O)CCn1nc([N+](=O)[O-])nc1Br. The molecule has 9 heteroatoms. The number of carbonyl (C=O) groups excluding carboxylic acids is 1. The van der Waals surface area contributed by atoms with E-state index in [0.717, 1.165) is 0 Å². The van der Waals surface area contributed by atoms with Crippen LogP contribution in [0.2, 0.25) is 0 Å². The van der Waals surface area contributed by atoms with Gasteiger partial charge < -0.3 is 14.9 Å². The van der Waals surface area contributed by atoms with Crippen molar-refractivity contribution < 1.29 is 14.5 Å². The summed E-state index contributed by atoms with van der Waals surface area (Å²) >= 11 is 2.99. The molecule has 1 heterocycles. The number of aryl methyl sites for hydroxylation is 1. The van der Waals surface area contributed by atoms with Crippen LogP contribution < -0.4 is 0 Å². The van der Waals surface area contributed by atoms with Crippen LogP contribution in [0.3, 0.4) is 0 Å². The van der Waals surface area contributed by atoms with E-state index < -0.39 is 16.8 Å². The van der Waals surface area contributed by atoms with Crippen molar-refractivity contribution in [3.05, 3.63) is 14.8 Å². The van der Waals surface area contributed by atoms with Gasteiger partial charge in [-0.3, -0.25) is 4.79 Å². The maximum Gasteiger partial charge on any atom is 0.492 e. The number of ether oxygens (including phenoxy) is 1. The van der Waals surface area contributed by atoms with E-state index in [9.17, 15) is 14.9 Å². The Morgan fingerprint density at radius 1 is 1.73 bits per heavy atom. The zero-order valence-corrected chi connectivity index (χ0v) is 9.30. The molecule has 0 saturated heterocycles. The Balaban J connectivity index is 2.69. The smallest absolute Gasteiger partial charge is 0.469 e. The van der Waals surface area contributed by atoms with E-state index in [4.69, 9.17) is 0 Å². The van der Waals surface area contributed by atoms with Crippen molar-refractivity contribution in [2.24, 2.45) is 0 Å². The first-order chi connectivity index (χ1) is 7.04. The Morgan fingerprint density at radius 2 is 2.40 bits per heavy atom. The Hall–Kier alpha value is -1.51. The molecule has 0 N–H and O–H groups in total. The average molecular weight is 279 g/mol. The van der Waals surface area contributed by atoms with Gasteiger partial charge in [0.05, 0.1) is 20.1 Å². The van der Waals surface area contributed by atoms with Crippen LogP contribution in [0.15, 0.2) is 4.73 Å². The first-order valence-electron chi connectivity index (χ1n) is 3.86. The maximum absolute atomic E-state index is 10.8. The van der Waals surface area contributed by atoms with Crippen LogP contribution in [-0.2, 0) is 16.1 Å². The first-order valence-corrected chi connectivity index (χ1v) is 4.65. The minimum absolute atomic E-state index is 0.0790. The van der Waals surface area contributed by atoms with Gasteiger partial charge in [-0.15, -0.1) is 0 Å². The fraction of sp³-hybridized carbons (Fsp3) is 0.500. The second-order valence-corrected chi connectivity index (χ2v) is 3.20. The zero-order valence-electron chi connectivity index (χ0n) is 7.71. The molecular formula is C6H7BrN4O4. The molecule has 0 aliphatic rings. The van der Waals surface area contributed by atoms with E-state index in [-0.39, 0.29) is 17.7 Å². The van der Waals surface area contributed by atoms with Crippen molar-refractivity contribution in [1.82, 2.24) is 14.8 Å². The lowest BCUT2D eigenvalue weighted by molar-refractivity contribution is -0.394. The van der Waals surface area contributed by atoms with Gasteiger partial charge in [0.15, 0.2) is 0 Å². The number of carbonyl (C=O) groups is 1. The van der Waals surface area contributed by atoms with Crippen LogP contribution in [0.1, 0.15) is 6.42 Å². The summed E-state index contributed by atoms with van der Waals surface area (Å²) in [5, 5.41) is 13.9. The second kappa shape index (κ2) is 4.82. The van der Waals surface area contributed by atoms with Gasteiger partial charge in [-0.2, -0.15) is 4.68 Å². The molecule has 0 aliphatic carbocycles. The number of hydrogen-bond acceptors (Lipinski definition) is 6. The number of nitrogens with zero attached hydrogens (tertiary/aromatic N) is 4. The minimum Gasteiger partial charge on any atom is -0.469 e. The van der Waals surface area contributed by atoms with Crippen molar-refractivity contribution in [3.63, 3.8) is 0 Å². The lowest BCUT2D eigenvalue weighted by atomic mass is 10.4. The molecule has 0 spiro atoms. The van der Waals surface area contributed by atoms with Gasteiger partial charge in [-0.1, -0.05) is 0 Å². The number of halogens is 1. The molecule has 1 aromatic heterocycles. The lowest BCUT2D eigenvalue weighted by Gasteiger charge is -1.96. The first kappa shape index (κ1) is 11.6. The molecule has 0 bridgehead atoms. The van der Waals surface area contributed by atoms with E-state index >= 15 is 0 Å². The van der Waals surface area contributed by atoms with Gasteiger partial charge >= 0.3 is 11.9 Å². The third-order valence-electron chi connectivity index (χ3n) is 1.53. The summed E-state index contributed by atoms with van der Waals surface area (Å²) < 4.78 is 5.84. The quantitative estimate of drug-likeness (QED) is 0.452. The molecule has 0 fully saturated rings. The number of esters is 1. The van der Waals surface area contributed by atoms with Crippen LogP contribution in [0.4, 0.5) is 5.95 Å². The van der Waals surface area contributed by atoms with Crippen molar-refractivity contribution in [2.45, 2.75) is 13.0 Å². The minimum atomic E-state index is -0.709. The molecule has 0 radical (unpaired) electrons. The molecule has 0 atom stereocenters. The van der Waals surface area contributed by atoms with E-state index in [2.05, 4.69) is 30.7 Å². The topological polar surface area (TPSA) is 100 Å². The van der Waals surface area contributed by atoms with Gasteiger partial charge in [0.25, 0.3) is 4.73 Å². The predicted octanol–water partition coefficient (Wildman–Crippen LogP) is 0.512. The maximum atomic E-state index is 10.8. The highest BCUT2D eigenvalue weighted by Gasteiger charge is 2.19. The molecule has 0 unspecified atom stereocenters. The van der Waals surface area contributed by atoms with E-state index in [1.807, 2.05) is 0 Å². The number of nitro groups is 1. The van der Waals surface area contributed by atoms with E-state index in [1.54, 1.807) is 0 Å². The van der Waals surface area contributed by atoms with Crippen LogP contribution in [0.5, 0.6) is 0 Å². The van der Waals surface area contributed by atoms with E-state index in [1.165, 1.54) is 11.8 Å². The van der Waals surface area contributed by atoms with Gasteiger partial charge in [0, 0.05) is 21.0 Å². The summed E-state index contributed by atoms with van der Waals surface area (Å²) in [6, 6.07) is 0. The summed E-state index contributed by atoms with van der Waals surface area (Å²) in [4.78, 5) is 23.9. The van der Waals surface area contributed by atoms with Crippen molar-refractivity contribution in [2.75, 3.05) is 7.11 Å². The standard InChI is InChI=1S/C6H7BrN4O4/c1-15-4(12)2-3-10-5(7)8-6(9-10)11(13)14/h2-3H2,1H3. The molecule has 0 aliphatic heterocycles. The zero-order chi connectivity index (χ0) is 11.4. The molecule has 1 rings (SSSR count). The summed E-state index contributed by atoms with van der Waals surface area (Å²) in [6.07, 6.45) is 0.0790. The predicted molar refractivity (Wildman–Crippen MR) is 51.0 cm³/mol. The third kappa shape index (κ3) is 2.98. The number of hydrogen-bond donors (Lipinski definition) is 0. The summed E-state index contributed by atoms with van der Waals surface area (Å²) in [6.45, 7) is 0.175. The molecular weight excluding hydrogens is 272 g/mol. The van der Waals surface area contributed by atoms with Crippen molar-refractivity contribution >= 4 is 27.8 Å². The molecule has 0 aromatic carbocycles. The summed E-state index contributed by atoms with van der Waals surface area (Å²) in [5.74, 6) is -0.924. The van der Waals surface area contributed by atoms with Gasteiger partial charge in [0.1, 0.15) is 0 Å². The van der Waals surface area contributed by atoms with Gasteiger partial charge in [-0.05, 0) is 9.91 Å². The largest absolute Gasteiger partial charge is 0.492 e. The monoisotopic (exact) mass is 278 g/mol. The van der Waals surface area contributed by atoms with Gasteiger partial charge in [-0.25, -0.2) is 0 Å². The Labute approximate surface area is 92.5 Å². The molecule has 15 heavy (non-hydrogen) atoms. The second-order valence-electron chi connectivity index (χ2n) is 2.49. The highest BCUT2D eigenvalue weighted by molar-refractivity contribution is 9.10. The Bertz CT molecular complexity index is 390. The lowest BCUT2D eigenvalue weighted by Crippen LogP contribution is -2.08. The molecule has 0 saturated carbocycles. The average Bonchev–Trinajstić information content (AvgIpc) is 2.56. The van der Waals surface area contributed by atoms with Crippen molar-refractivity contribution in [1.29, 1.82) is 0 Å². The van der Waals surface area contributed by atoms with Crippen LogP contribution in [0, 0.1) is 10.1 Å². The third-order valence-corrected chi connectivity index (χ3v) is 2.12. The van der Waals surface area contributed by atoms with Crippen LogP contribution >= 0.6 is 15.9 Å². The van der Waals surface area contributed by atoms with Crippen LogP contribution in [-0.4, -0.2) is 32.8 Å². The normalized spacial score (nSPS) is 10.0. The summed E-state index contributed by atoms with van der Waals surface area (Å²) in [7, 11) is 1.27. The summed E-state index contributed by atoms with van der Waals surface area (Å²) in [5.41, 5.74) is 0. The molecule has 8 nitrogen and oxygen atoms in total. The molecule has 0 amide bonds. The molecule has 1 aromatic rings. The number of methoxy groups -OCH3 is 1.